The summed E-state index contributed by atoms with van der Waals surface area (Å²) in [5.74, 6) is -11.6. The van der Waals surface area contributed by atoms with E-state index in [0.29, 0.717) is 0 Å². The van der Waals surface area contributed by atoms with Gasteiger partial charge in [-0.1, -0.05) is 5.57 Å². The molecule has 0 aliphatic carbocycles. The van der Waals surface area contributed by atoms with Crippen LogP contribution in [0.3, 0.4) is 0 Å². The van der Waals surface area contributed by atoms with E-state index in [0.717, 1.165) is 0 Å². The largest absolute Gasteiger partial charge is 0.450 e. The van der Waals surface area contributed by atoms with Crippen LogP contribution in [0.4, 0.5) is 43.9 Å². The predicted octanol–water partition coefficient (Wildman–Crippen LogP) is 5.49. The summed E-state index contributed by atoms with van der Waals surface area (Å²) >= 11 is 0. The molecule has 1 aromatic heterocycles. The van der Waals surface area contributed by atoms with Gasteiger partial charge in [0.25, 0.3) is 12.2 Å². The van der Waals surface area contributed by atoms with Crippen LogP contribution < -0.4 is 15.7 Å². The standard InChI is InChI=1S/C20H6F10O/c1-3(2)4-11(21)5-6(12(4)22)8-14(24)10(20(29)30)16(26)18(8)31-17-7(5)13(23)9(15(17)25)19(27)28/h1-2H3. The fraction of sp³-hybridized carbons (Fsp3) is 0.100. The van der Waals surface area contributed by atoms with Gasteiger partial charge in [0.2, 0.25) is 0 Å². The van der Waals surface area contributed by atoms with E-state index in [1.807, 2.05) is 0 Å². The average Bonchev–Trinajstić information content (AvgIpc) is 3.08. The minimum absolute atomic E-state index is 0.0983. The molecule has 0 saturated heterocycles. The highest BCUT2D eigenvalue weighted by Crippen LogP contribution is 2.38. The Hall–Kier alpha value is -3.24. The molecule has 3 aromatic carbocycles. The van der Waals surface area contributed by atoms with Crippen LogP contribution in [0, 0.1) is 34.9 Å². The number of hydrogen-bond acceptors (Lipinski definition) is 1. The maximum Gasteiger partial charge on any atom is 0.283 e. The monoisotopic (exact) mass is 452 g/mol. The van der Waals surface area contributed by atoms with E-state index in [2.05, 4.69) is 4.42 Å². The van der Waals surface area contributed by atoms with Gasteiger partial charge in [-0.05, 0) is 13.8 Å². The summed E-state index contributed by atoms with van der Waals surface area (Å²) in [4.78, 5) is 0. The third kappa shape index (κ3) is 2.52. The zero-order valence-electron chi connectivity index (χ0n) is 15.2. The Balaban J connectivity index is 2.66. The van der Waals surface area contributed by atoms with Crippen LogP contribution in [0.2, 0.25) is 0 Å². The van der Waals surface area contributed by atoms with E-state index in [-0.39, 0.29) is 5.57 Å². The predicted molar refractivity (Wildman–Crippen MR) is 91.4 cm³/mol. The van der Waals surface area contributed by atoms with Crippen LogP contribution in [-0.4, -0.2) is 0 Å². The first-order chi connectivity index (χ1) is 14.4. The molecule has 1 heterocycles. The van der Waals surface area contributed by atoms with Crippen molar-refractivity contribution in [3.05, 3.63) is 50.6 Å². The summed E-state index contributed by atoms with van der Waals surface area (Å²) in [6, 6.07) is 0. The summed E-state index contributed by atoms with van der Waals surface area (Å²) in [5, 5.41) is -10.0. The number of rotatable bonds is 0. The van der Waals surface area contributed by atoms with Crippen molar-refractivity contribution in [3.8, 4) is 0 Å². The molecule has 11 heteroatoms. The smallest absolute Gasteiger partial charge is 0.283 e. The van der Waals surface area contributed by atoms with Crippen molar-refractivity contribution in [2.45, 2.75) is 13.8 Å². The van der Waals surface area contributed by atoms with E-state index < -0.39 is 95.4 Å². The molecule has 0 atom stereocenters. The molecule has 1 nitrogen and oxygen atoms in total. The lowest BCUT2D eigenvalue weighted by molar-refractivity contribution is 0.506. The Kier molecular flexibility index (Phi) is 4.49. The summed E-state index contributed by atoms with van der Waals surface area (Å²) in [6.45, 7) is 2.37. The molecule has 0 amide bonds. The van der Waals surface area contributed by atoms with Gasteiger partial charge in [0.1, 0.15) is 22.1 Å². The molecule has 31 heavy (non-hydrogen) atoms. The maximum atomic E-state index is 15.1. The second kappa shape index (κ2) is 6.63. The van der Waals surface area contributed by atoms with E-state index in [9.17, 15) is 35.1 Å². The Morgan fingerprint density at radius 2 is 0.806 bits per heavy atom. The van der Waals surface area contributed by atoms with Crippen LogP contribution >= 0.6 is 0 Å². The Morgan fingerprint density at radius 3 is 1.10 bits per heavy atom. The molecular formula is C20H6F10O. The third-order valence-electron chi connectivity index (χ3n) is 4.88. The molecule has 0 N–H and O–H groups in total. The van der Waals surface area contributed by atoms with Gasteiger partial charge in [-0.2, -0.15) is 17.6 Å². The molecule has 4 rings (SSSR count). The SMILES string of the molecule is CC(C)=c1c(F)c2c3c(F)c(=C(F)F)c(F)c3oc3c(F)c(=C(F)F)c(F)c3c2c1F. The van der Waals surface area contributed by atoms with Crippen LogP contribution in [0.1, 0.15) is 13.8 Å². The first kappa shape index (κ1) is 21.0. The van der Waals surface area contributed by atoms with Gasteiger partial charge in [-0.3, -0.25) is 0 Å². The Labute approximate surface area is 164 Å². The molecule has 162 valence electrons. The van der Waals surface area contributed by atoms with Gasteiger partial charge in [0, 0.05) is 16.0 Å². The van der Waals surface area contributed by atoms with Crippen molar-refractivity contribution in [2.75, 3.05) is 0 Å². The Morgan fingerprint density at radius 1 is 0.484 bits per heavy atom. The molecule has 0 unspecified atom stereocenters. The van der Waals surface area contributed by atoms with Crippen LogP contribution in [-0.2, 0) is 0 Å². The fourth-order valence-electron chi connectivity index (χ4n) is 3.64. The zero-order chi connectivity index (χ0) is 23.1. The topological polar surface area (TPSA) is 13.1 Å². The summed E-state index contributed by atoms with van der Waals surface area (Å²) < 4.78 is 146. The average molecular weight is 452 g/mol. The van der Waals surface area contributed by atoms with Gasteiger partial charge in [0.05, 0.1) is 10.8 Å². The molecule has 0 spiro atoms. The minimum Gasteiger partial charge on any atom is -0.450 e. The molecule has 0 aliphatic rings. The normalized spacial score (nSPS) is 11.9. The highest BCUT2D eigenvalue weighted by atomic mass is 19.3. The summed E-state index contributed by atoms with van der Waals surface area (Å²) in [7, 11) is 0. The fourth-order valence-corrected chi connectivity index (χ4v) is 3.64. The van der Waals surface area contributed by atoms with Crippen molar-refractivity contribution in [3.63, 3.8) is 0 Å². The van der Waals surface area contributed by atoms with Gasteiger partial charge in [-0.25, -0.2) is 26.3 Å². The van der Waals surface area contributed by atoms with Crippen molar-refractivity contribution >= 4 is 50.4 Å². The lowest BCUT2D eigenvalue weighted by Crippen LogP contribution is -2.09. The molecule has 0 radical (unpaired) electrons. The quantitative estimate of drug-likeness (QED) is 0.322. The molecule has 4 aromatic rings. The number of hydrogen-bond donors (Lipinski definition) is 0. The number of fused-ring (bicyclic) bond motifs is 5. The zero-order valence-corrected chi connectivity index (χ0v) is 15.2. The van der Waals surface area contributed by atoms with E-state index in [1.165, 1.54) is 13.8 Å². The molecule has 0 bridgehead atoms. The van der Waals surface area contributed by atoms with Crippen LogP contribution in [0.25, 0.3) is 50.4 Å². The van der Waals surface area contributed by atoms with Crippen molar-refractivity contribution in [1.82, 2.24) is 0 Å². The summed E-state index contributed by atoms with van der Waals surface area (Å²) in [5.41, 5.74) is -3.16. The minimum atomic E-state index is -2.91. The van der Waals surface area contributed by atoms with Crippen LogP contribution in [0.5, 0.6) is 0 Å². The Bertz CT molecular complexity index is 1520. The lowest BCUT2D eigenvalue weighted by Gasteiger charge is -1.90. The third-order valence-corrected chi connectivity index (χ3v) is 4.88. The molecular weight excluding hydrogens is 446 g/mol. The highest BCUT2D eigenvalue weighted by Gasteiger charge is 2.31. The van der Waals surface area contributed by atoms with Gasteiger partial charge in [-0.15, -0.1) is 0 Å². The van der Waals surface area contributed by atoms with Crippen molar-refractivity contribution in [1.29, 1.82) is 0 Å². The van der Waals surface area contributed by atoms with Crippen molar-refractivity contribution in [2.24, 2.45) is 0 Å². The van der Waals surface area contributed by atoms with E-state index in [1.54, 1.807) is 0 Å². The van der Waals surface area contributed by atoms with E-state index in [4.69, 9.17) is 0 Å². The number of halogens is 10. The van der Waals surface area contributed by atoms with E-state index >= 15 is 8.78 Å². The highest BCUT2D eigenvalue weighted by molar-refractivity contribution is 6.16. The molecule has 0 fully saturated rings. The maximum absolute atomic E-state index is 15.1. The molecule has 0 aliphatic heterocycles. The van der Waals surface area contributed by atoms with Gasteiger partial charge >= 0.3 is 0 Å². The second-order valence-electron chi connectivity index (χ2n) is 6.79. The molecule has 0 saturated carbocycles. The van der Waals surface area contributed by atoms with Gasteiger partial charge in [0.15, 0.2) is 34.4 Å². The van der Waals surface area contributed by atoms with Crippen molar-refractivity contribution < 1.29 is 48.3 Å². The second-order valence-corrected chi connectivity index (χ2v) is 6.79. The van der Waals surface area contributed by atoms with Gasteiger partial charge < -0.3 is 4.42 Å². The lowest BCUT2D eigenvalue weighted by atomic mass is 10.1. The first-order valence-corrected chi connectivity index (χ1v) is 8.30. The van der Waals surface area contributed by atoms with Crippen LogP contribution in [0.15, 0.2) is 4.42 Å². The first-order valence-electron chi connectivity index (χ1n) is 8.30. The summed E-state index contributed by atoms with van der Waals surface area (Å²) in [6.07, 6.45) is -5.81.